The number of ether oxygens (including phenoxy) is 2. The highest BCUT2D eigenvalue weighted by Gasteiger charge is 2.18. The second kappa shape index (κ2) is 7.75. The van der Waals surface area contributed by atoms with Crippen molar-refractivity contribution in [2.45, 2.75) is 33.2 Å². The van der Waals surface area contributed by atoms with Crippen molar-refractivity contribution in [3.05, 3.63) is 22.2 Å². The molecule has 1 unspecified atom stereocenters. The zero-order chi connectivity index (χ0) is 14.4. The minimum Gasteiger partial charge on any atom is -0.493 e. The molecule has 1 N–H and O–H groups in total. The van der Waals surface area contributed by atoms with Gasteiger partial charge < -0.3 is 14.8 Å². The van der Waals surface area contributed by atoms with Gasteiger partial charge in [-0.05, 0) is 36.6 Å². The van der Waals surface area contributed by atoms with Gasteiger partial charge in [-0.3, -0.25) is 0 Å². The van der Waals surface area contributed by atoms with Gasteiger partial charge in [-0.15, -0.1) is 0 Å². The van der Waals surface area contributed by atoms with Crippen LogP contribution in [0.1, 0.15) is 38.8 Å². The van der Waals surface area contributed by atoms with Crippen LogP contribution >= 0.6 is 15.9 Å². The summed E-state index contributed by atoms with van der Waals surface area (Å²) in [5, 5.41) is 3.53. The Morgan fingerprint density at radius 3 is 2.21 bits per heavy atom. The minimum atomic E-state index is 0.319. The fourth-order valence-electron chi connectivity index (χ4n) is 2.18. The van der Waals surface area contributed by atoms with E-state index in [2.05, 4.69) is 48.1 Å². The Bertz CT molecular complexity index is 407. The SMILES string of the molecule is CCNC(CC(C)C)c1cc(OC)c(OC)cc1Br. The molecule has 0 saturated carbocycles. The molecule has 0 fully saturated rings. The van der Waals surface area contributed by atoms with E-state index in [1.165, 1.54) is 5.56 Å². The molecule has 1 aromatic rings. The van der Waals surface area contributed by atoms with Gasteiger partial charge in [0.2, 0.25) is 0 Å². The average Bonchev–Trinajstić information content (AvgIpc) is 2.37. The fourth-order valence-corrected chi connectivity index (χ4v) is 2.77. The predicted octanol–water partition coefficient (Wildman–Crippen LogP) is 4.16. The van der Waals surface area contributed by atoms with Crippen LogP contribution in [-0.2, 0) is 0 Å². The zero-order valence-electron chi connectivity index (χ0n) is 12.4. The Balaban J connectivity index is 3.14. The van der Waals surface area contributed by atoms with Gasteiger partial charge in [-0.1, -0.05) is 36.7 Å². The minimum absolute atomic E-state index is 0.319. The highest BCUT2D eigenvalue weighted by molar-refractivity contribution is 9.10. The van der Waals surface area contributed by atoms with E-state index in [1.807, 2.05) is 6.07 Å². The number of nitrogens with one attached hydrogen (secondary N) is 1. The third-order valence-corrected chi connectivity index (χ3v) is 3.72. The van der Waals surface area contributed by atoms with Crippen LogP contribution in [0.2, 0.25) is 0 Å². The predicted molar refractivity (Wildman–Crippen MR) is 83.1 cm³/mol. The van der Waals surface area contributed by atoms with Crippen molar-refractivity contribution < 1.29 is 9.47 Å². The van der Waals surface area contributed by atoms with E-state index >= 15 is 0 Å². The van der Waals surface area contributed by atoms with Crippen molar-refractivity contribution in [1.82, 2.24) is 5.32 Å². The summed E-state index contributed by atoms with van der Waals surface area (Å²) in [5.74, 6) is 2.15. The fraction of sp³-hybridized carbons (Fsp3) is 0.600. The van der Waals surface area contributed by atoms with Gasteiger partial charge in [0.25, 0.3) is 0 Å². The molecule has 0 radical (unpaired) electrons. The molecule has 0 spiro atoms. The van der Waals surface area contributed by atoms with Crippen LogP contribution in [0.15, 0.2) is 16.6 Å². The smallest absolute Gasteiger partial charge is 0.161 e. The molecule has 0 saturated heterocycles. The first kappa shape index (κ1) is 16.3. The number of hydrogen-bond donors (Lipinski definition) is 1. The summed E-state index contributed by atoms with van der Waals surface area (Å²) in [5.41, 5.74) is 1.22. The summed E-state index contributed by atoms with van der Waals surface area (Å²) in [4.78, 5) is 0. The van der Waals surface area contributed by atoms with Crippen LogP contribution in [0.4, 0.5) is 0 Å². The first-order chi connectivity index (χ1) is 9.03. The summed E-state index contributed by atoms with van der Waals surface area (Å²) in [6.07, 6.45) is 1.09. The number of methoxy groups -OCH3 is 2. The Hall–Kier alpha value is -0.740. The van der Waals surface area contributed by atoms with Gasteiger partial charge in [0.15, 0.2) is 11.5 Å². The van der Waals surface area contributed by atoms with E-state index < -0.39 is 0 Å². The molecule has 1 aromatic carbocycles. The Labute approximate surface area is 124 Å². The molecule has 0 bridgehead atoms. The number of hydrogen-bond acceptors (Lipinski definition) is 3. The van der Waals surface area contributed by atoms with Crippen molar-refractivity contribution in [1.29, 1.82) is 0 Å². The second-order valence-electron chi connectivity index (χ2n) is 4.97. The third kappa shape index (κ3) is 4.39. The summed E-state index contributed by atoms with van der Waals surface area (Å²) >= 11 is 3.64. The maximum absolute atomic E-state index is 5.39. The quantitative estimate of drug-likeness (QED) is 0.814. The first-order valence-corrected chi connectivity index (χ1v) is 7.47. The van der Waals surface area contributed by atoms with E-state index in [4.69, 9.17) is 9.47 Å². The Kier molecular flexibility index (Phi) is 6.66. The number of benzene rings is 1. The average molecular weight is 330 g/mol. The number of halogens is 1. The largest absolute Gasteiger partial charge is 0.493 e. The molecule has 108 valence electrons. The molecule has 0 aliphatic rings. The van der Waals surface area contributed by atoms with Gasteiger partial charge >= 0.3 is 0 Å². The number of rotatable bonds is 7. The molecular formula is C15H24BrNO2. The van der Waals surface area contributed by atoms with Gasteiger partial charge in [0, 0.05) is 10.5 Å². The molecular weight excluding hydrogens is 306 g/mol. The van der Waals surface area contributed by atoms with Gasteiger partial charge in [0.1, 0.15) is 0 Å². The van der Waals surface area contributed by atoms with Crippen molar-refractivity contribution in [2.24, 2.45) is 5.92 Å². The highest BCUT2D eigenvalue weighted by atomic mass is 79.9. The summed E-state index contributed by atoms with van der Waals surface area (Å²) in [6, 6.07) is 4.34. The van der Waals surface area contributed by atoms with E-state index in [1.54, 1.807) is 14.2 Å². The van der Waals surface area contributed by atoms with E-state index in [-0.39, 0.29) is 0 Å². The van der Waals surface area contributed by atoms with E-state index in [0.29, 0.717) is 12.0 Å². The molecule has 0 heterocycles. The monoisotopic (exact) mass is 329 g/mol. The molecule has 19 heavy (non-hydrogen) atoms. The maximum Gasteiger partial charge on any atom is 0.161 e. The molecule has 0 aliphatic carbocycles. The summed E-state index contributed by atoms with van der Waals surface area (Å²) in [6.45, 7) is 7.54. The van der Waals surface area contributed by atoms with Gasteiger partial charge in [0.05, 0.1) is 14.2 Å². The lowest BCUT2D eigenvalue weighted by Gasteiger charge is -2.23. The standard InChI is InChI=1S/C15H24BrNO2/c1-6-17-13(7-10(2)3)11-8-14(18-4)15(19-5)9-12(11)16/h8-10,13,17H,6-7H2,1-5H3. The zero-order valence-corrected chi connectivity index (χ0v) is 14.0. The van der Waals surface area contributed by atoms with Gasteiger partial charge in [-0.2, -0.15) is 0 Å². The third-order valence-electron chi connectivity index (χ3n) is 3.04. The second-order valence-corrected chi connectivity index (χ2v) is 5.82. The van der Waals surface area contributed by atoms with Gasteiger partial charge in [-0.25, -0.2) is 0 Å². The summed E-state index contributed by atoms with van der Waals surface area (Å²) < 4.78 is 11.8. The van der Waals surface area contributed by atoms with Crippen molar-refractivity contribution in [2.75, 3.05) is 20.8 Å². The van der Waals surface area contributed by atoms with Crippen LogP contribution in [-0.4, -0.2) is 20.8 Å². The molecule has 0 amide bonds. The van der Waals surface area contributed by atoms with Crippen LogP contribution < -0.4 is 14.8 Å². The molecule has 4 heteroatoms. The molecule has 0 aliphatic heterocycles. The lowest BCUT2D eigenvalue weighted by atomic mass is 9.96. The maximum atomic E-state index is 5.39. The topological polar surface area (TPSA) is 30.5 Å². The van der Waals surface area contributed by atoms with E-state index in [9.17, 15) is 0 Å². The van der Waals surface area contributed by atoms with E-state index in [0.717, 1.165) is 28.9 Å². The lowest BCUT2D eigenvalue weighted by molar-refractivity contribution is 0.352. The summed E-state index contributed by atoms with van der Waals surface area (Å²) in [7, 11) is 3.32. The Morgan fingerprint density at radius 1 is 1.16 bits per heavy atom. The van der Waals surface area contributed by atoms with Crippen molar-refractivity contribution in [3.63, 3.8) is 0 Å². The molecule has 0 aromatic heterocycles. The first-order valence-electron chi connectivity index (χ1n) is 6.68. The normalized spacial score (nSPS) is 12.6. The van der Waals surface area contributed by atoms with Crippen molar-refractivity contribution >= 4 is 15.9 Å². The van der Waals surface area contributed by atoms with Crippen LogP contribution in [0, 0.1) is 5.92 Å². The van der Waals surface area contributed by atoms with Crippen LogP contribution in [0.25, 0.3) is 0 Å². The molecule has 1 atom stereocenters. The van der Waals surface area contributed by atoms with Crippen LogP contribution in [0.5, 0.6) is 11.5 Å². The lowest BCUT2D eigenvalue weighted by Crippen LogP contribution is -2.23. The van der Waals surface area contributed by atoms with Crippen LogP contribution in [0.3, 0.4) is 0 Å². The molecule has 3 nitrogen and oxygen atoms in total. The molecule has 1 rings (SSSR count). The Morgan fingerprint density at radius 2 is 1.74 bits per heavy atom. The highest BCUT2D eigenvalue weighted by Crippen LogP contribution is 2.37. The van der Waals surface area contributed by atoms with Crippen molar-refractivity contribution in [3.8, 4) is 11.5 Å².